The smallest absolute Gasteiger partial charge is 0.191 e. The van der Waals surface area contributed by atoms with Gasteiger partial charge in [-0.05, 0) is 29.9 Å². The van der Waals surface area contributed by atoms with Crippen LogP contribution < -0.4 is 10.6 Å². The lowest BCUT2D eigenvalue weighted by Crippen LogP contribution is -2.42. The second kappa shape index (κ2) is 5.37. The molecule has 0 bridgehead atoms. The number of guanidine groups is 1. The Kier molecular flexibility index (Phi) is 4.06. The topological polar surface area (TPSA) is 69.8 Å². The van der Waals surface area contributed by atoms with Gasteiger partial charge in [0.05, 0.1) is 6.54 Å². The van der Waals surface area contributed by atoms with Gasteiger partial charge < -0.3 is 20.2 Å². The second-order valence-corrected chi connectivity index (χ2v) is 6.94. The van der Waals surface area contributed by atoms with Crippen LogP contribution in [0.3, 0.4) is 0 Å². The van der Waals surface area contributed by atoms with Crippen LogP contribution in [0.15, 0.2) is 21.5 Å². The minimum Gasteiger partial charge on any atom is -0.464 e. The molecule has 1 heterocycles. The molecule has 1 aliphatic carbocycles. The zero-order valence-electron chi connectivity index (χ0n) is 13.8. The SMILES string of the molecule is CN=C(NCC(O)c1ccc(C)o1)NC1C(C)(C)C1(C)C. The zero-order valence-corrected chi connectivity index (χ0v) is 13.8. The van der Waals surface area contributed by atoms with Gasteiger partial charge >= 0.3 is 0 Å². The van der Waals surface area contributed by atoms with Gasteiger partial charge in [-0.2, -0.15) is 0 Å². The van der Waals surface area contributed by atoms with Gasteiger partial charge in [-0.1, -0.05) is 27.7 Å². The van der Waals surface area contributed by atoms with Crippen LogP contribution in [-0.4, -0.2) is 30.7 Å². The van der Waals surface area contributed by atoms with Crippen molar-refractivity contribution in [1.82, 2.24) is 10.6 Å². The van der Waals surface area contributed by atoms with E-state index in [1.54, 1.807) is 13.1 Å². The van der Waals surface area contributed by atoms with Gasteiger partial charge in [-0.3, -0.25) is 4.99 Å². The highest BCUT2D eigenvalue weighted by atomic mass is 16.4. The van der Waals surface area contributed by atoms with E-state index >= 15 is 0 Å². The van der Waals surface area contributed by atoms with Gasteiger partial charge in [0.15, 0.2) is 5.96 Å². The third-order valence-corrected chi connectivity index (χ3v) is 5.08. The molecule has 0 radical (unpaired) electrons. The van der Waals surface area contributed by atoms with Gasteiger partial charge in [0.25, 0.3) is 0 Å². The maximum atomic E-state index is 10.1. The predicted molar refractivity (Wildman–Crippen MR) is 84.3 cm³/mol. The maximum Gasteiger partial charge on any atom is 0.191 e. The molecule has 0 aliphatic heterocycles. The van der Waals surface area contributed by atoms with Gasteiger partial charge in [-0.25, -0.2) is 0 Å². The van der Waals surface area contributed by atoms with Crippen molar-refractivity contribution in [3.05, 3.63) is 23.7 Å². The molecular formula is C16H27N3O2. The molecule has 1 fully saturated rings. The first-order valence-corrected chi connectivity index (χ1v) is 7.41. The number of furan rings is 1. The summed E-state index contributed by atoms with van der Waals surface area (Å²) in [5.74, 6) is 2.08. The van der Waals surface area contributed by atoms with Crippen molar-refractivity contribution in [1.29, 1.82) is 0 Å². The third kappa shape index (κ3) is 2.93. The monoisotopic (exact) mass is 293 g/mol. The molecule has 1 saturated carbocycles. The number of hydrogen-bond donors (Lipinski definition) is 3. The predicted octanol–water partition coefficient (Wildman–Crippen LogP) is 2.22. The number of aliphatic hydroxyl groups is 1. The third-order valence-electron chi connectivity index (χ3n) is 5.08. The number of aryl methyl sites for hydroxylation is 1. The van der Waals surface area contributed by atoms with Crippen molar-refractivity contribution in [2.45, 2.75) is 46.8 Å². The maximum absolute atomic E-state index is 10.1. The molecular weight excluding hydrogens is 266 g/mol. The Morgan fingerprint density at radius 2 is 1.95 bits per heavy atom. The summed E-state index contributed by atoms with van der Waals surface area (Å²) in [5, 5.41) is 16.7. The Bertz CT molecular complexity index is 517. The molecule has 0 saturated heterocycles. The summed E-state index contributed by atoms with van der Waals surface area (Å²) in [4.78, 5) is 4.22. The van der Waals surface area contributed by atoms with E-state index in [1.807, 2.05) is 13.0 Å². The summed E-state index contributed by atoms with van der Waals surface area (Å²) in [6.07, 6.45) is -0.683. The fourth-order valence-corrected chi connectivity index (χ4v) is 2.82. The molecule has 118 valence electrons. The first kappa shape index (κ1) is 15.9. The lowest BCUT2D eigenvalue weighted by Gasteiger charge is -2.15. The van der Waals surface area contributed by atoms with E-state index in [0.717, 1.165) is 5.76 Å². The summed E-state index contributed by atoms with van der Waals surface area (Å²) in [6.45, 7) is 11.2. The van der Waals surface area contributed by atoms with Crippen molar-refractivity contribution in [3.63, 3.8) is 0 Å². The lowest BCUT2D eigenvalue weighted by molar-refractivity contribution is 0.151. The molecule has 2 rings (SSSR count). The Morgan fingerprint density at radius 3 is 2.38 bits per heavy atom. The molecule has 3 N–H and O–H groups in total. The number of hydrogen-bond acceptors (Lipinski definition) is 3. The lowest BCUT2D eigenvalue weighted by atomic mass is 10.0. The molecule has 1 aromatic rings. The van der Waals surface area contributed by atoms with E-state index in [-0.39, 0.29) is 10.8 Å². The molecule has 1 atom stereocenters. The molecule has 0 spiro atoms. The van der Waals surface area contributed by atoms with Crippen molar-refractivity contribution in [2.24, 2.45) is 15.8 Å². The first-order valence-electron chi connectivity index (χ1n) is 7.41. The quantitative estimate of drug-likeness (QED) is 0.588. The summed E-state index contributed by atoms with van der Waals surface area (Å²) >= 11 is 0. The number of rotatable bonds is 4. The zero-order chi connectivity index (χ0) is 15.8. The van der Waals surface area contributed by atoms with E-state index in [1.165, 1.54) is 0 Å². The Hall–Kier alpha value is -1.49. The van der Waals surface area contributed by atoms with Crippen LogP contribution in [-0.2, 0) is 0 Å². The van der Waals surface area contributed by atoms with Crippen molar-refractivity contribution in [3.8, 4) is 0 Å². The van der Waals surface area contributed by atoms with Crippen molar-refractivity contribution >= 4 is 5.96 Å². The molecule has 0 amide bonds. The fourth-order valence-electron chi connectivity index (χ4n) is 2.82. The summed E-state index contributed by atoms with van der Waals surface area (Å²) in [6, 6.07) is 4.02. The van der Waals surface area contributed by atoms with Gasteiger partial charge in [0, 0.05) is 13.1 Å². The minimum atomic E-state index is -0.683. The van der Waals surface area contributed by atoms with E-state index in [2.05, 4.69) is 43.3 Å². The number of aliphatic imine (C=N–C) groups is 1. The Balaban J connectivity index is 1.87. The standard InChI is InChI=1S/C16H27N3O2/c1-10-7-8-12(21-10)11(20)9-18-14(17-6)19-13-15(2,3)16(13,4)5/h7-8,11,13,20H,9H2,1-6H3,(H2,17,18,19). The Morgan fingerprint density at radius 1 is 1.33 bits per heavy atom. The van der Waals surface area contributed by atoms with Gasteiger partial charge in [-0.15, -0.1) is 0 Å². The highest BCUT2D eigenvalue weighted by Crippen LogP contribution is 2.62. The normalized spacial score (nSPS) is 22.0. The number of aliphatic hydroxyl groups excluding tert-OH is 1. The summed E-state index contributed by atoms with van der Waals surface area (Å²) in [7, 11) is 1.74. The van der Waals surface area contributed by atoms with E-state index in [4.69, 9.17) is 4.42 Å². The molecule has 0 aromatic carbocycles. The van der Waals surface area contributed by atoms with Crippen molar-refractivity contribution in [2.75, 3.05) is 13.6 Å². The molecule has 21 heavy (non-hydrogen) atoms. The molecule has 1 aromatic heterocycles. The Labute approximate surface area is 126 Å². The van der Waals surface area contributed by atoms with Crippen LogP contribution in [0, 0.1) is 17.8 Å². The van der Waals surface area contributed by atoms with Gasteiger partial charge in [0.2, 0.25) is 0 Å². The van der Waals surface area contributed by atoms with Crippen molar-refractivity contribution < 1.29 is 9.52 Å². The van der Waals surface area contributed by atoms with E-state index in [0.29, 0.717) is 24.3 Å². The molecule has 1 aliphatic rings. The van der Waals surface area contributed by atoms with Crippen LogP contribution in [0.2, 0.25) is 0 Å². The molecule has 1 unspecified atom stereocenters. The molecule has 5 heteroatoms. The van der Waals surface area contributed by atoms with E-state index in [9.17, 15) is 5.11 Å². The number of nitrogens with one attached hydrogen (secondary N) is 2. The highest BCUT2D eigenvalue weighted by molar-refractivity contribution is 5.80. The summed E-state index contributed by atoms with van der Waals surface area (Å²) in [5.41, 5.74) is 0.475. The average molecular weight is 293 g/mol. The summed E-state index contributed by atoms with van der Waals surface area (Å²) < 4.78 is 5.42. The number of nitrogens with zero attached hydrogens (tertiary/aromatic N) is 1. The largest absolute Gasteiger partial charge is 0.464 e. The van der Waals surface area contributed by atoms with E-state index < -0.39 is 6.10 Å². The van der Waals surface area contributed by atoms with Crippen LogP contribution >= 0.6 is 0 Å². The van der Waals surface area contributed by atoms with Gasteiger partial charge in [0.1, 0.15) is 17.6 Å². The average Bonchev–Trinajstić information content (AvgIpc) is 2.74. The first-order chi connectivity index (χ1) is 9.70. The minimum absolute atomic E-state index is 0.237. The van der Waals surface area contributed by atoms with Crippen LogP contribution in [0.1, 0.15) is 45.3 Å². The molecule has 5 nitrogen and oxygen atoms in total. The van der Waals surface area contributed by atoms with Crippen LogP contribution in [0.4, 0.5) is 0 Å². The van der Waals surface area contributed by atoms with Crippen LogP contribution in [0.25, 0.3) is 0 Å². The highest BCUT2D eigenvalue weighted by Gasteiger charge is 2.65. The second-order valence-electron chi connectivity index (χ2n) is 6.94. The fraction of sp³-hybridized carbons (Fsp3) is 0.688. The van der Waals surface area contributed by atoms with Crippen LogP contribution in [0.5, 0.6) is 0 Å².